The van der Waals surface area contributed by atoms with Crippen LogP contribution < -0.4 is 10.1 Å². The zero-order valence-corrected chi connectivity index (χ0v) is 9.77. The summed E-state index contributed by atoms with van der Waals surface area (Å²) >= 11 is 0. The molecule has 3 rings (SSSR count). The zero-order valence-electron chi connectivity index (χ0n) is 9.77. The highest BCUT2D eigenvalue weighted by Gasteiger charge is 2.24. The van der Waals surface area contributed by atoms with Gasteiger partial charge in [0, 0.05) is 11.3 Å². The second-order valence-corrected chi connectivity index (χ2v) is 3.94. The first-order valence-corrected chi connectivity index (χ1v) is 5.53. The van der Waals surface area contributed by atoms with E-state index < -0.39 is 0 Å². The van der Waals surface area contributed by atoms with Gasteiger partial charge in [-0.3, -0.25) is 4.79 Å². The van der Waals surface area contributed by atoms with Gasteiger partial charge in [-0.25, -0.2) is 0 Å². The smallest absolute Gasteiger partial charge is 0.256 e. The van der Waals surface area contributed by atoms with Crippen LogP contribution in [0.25, 0.3) is 11.6 Å². The van der Waals surface area contributed by atoms with Crippen LogP contribution in [0.15, 0.2) is 41.0 Å². The van der Waals surface area contributed by atoms with Gasteiger partial charge in [-0.2, -0.15) is 0 Å². The highest BCUT2D eigenvalue weighted by molar-refractivity contribution is 6.34. The lowest BCUT2D eigenvalue weighted by molar-refractivity contribution is -0.110. The van der Waals surface area contributed by atoms with Gasteiger partial charge in [-0.05, 0) is 36.4 Å². The largest absolute Gasteiger partial charge is 0.497 e. The molecule has 2 aromatic rings. The van der Waals surface area contributed by atoms with Crippen molar-refractivity contribution in [1.29, 1.82) is 0 Å². The van der Waals surface area contributed by atoms with E-state index >= 15 is 0 Å². The van der Waals surface area contributed by atoms with Gasteiger partial charge in [0.2, 0.25) is 0 Å². The van der Waals surface area contributed by atoms with Crippen molar-refractivity contribution in [2.24, 2.45) is 0 Å². The van der Waals surface area contributed by atoms with Crippen LogP contribution in [0.5, 0.6) is 5.75 Å². The number of nitrogens with one attached hydrogen (secondary N) is 1. The van der Waals surface area contributed by atoms with Crippen molar-refractivity contribution in [1.82, 2.24) is 0 Å². The maximum atomic E-state index is 11.9. The minimum Gasteiger partial charge on any atom is -0.497 e. The Bertz CT molecular complexity index is 626. The molecule has 1 aliphatic rings. The van der Waals surface area contributed by atoms with Gasteiger partial charge < -0.3 is 14.5 Å². The van der Waals surface area contributed by atoms with Crippen LogP contribution in [0.4, 0.5) is 5.69 Å². The molecule has 0 spiro atoms. The molecule has 1 N–H and O–H groups in total. The number of carbonyl (C=O) groups excluding carboxylic acids is 1. The van der Waals surface area contributed by atoms with Gasteiger partial charge in [-0.15, -0.1) is 0 Å². The second-order valence-electron chi connectivity index (χ2n) is 3.94. The van der Waals surface area contributed by atoms with Crippen molar-refractivity contribution in [3.8, 4) is 5.75 Å². The Morgan fingerprint density at radius 3 is 2.94 bits per heavy atom. The SMILES string of the molecule is COc1ccc2c(c1)/C(=C\c1ccco1)C(=O)N2. The van der Waals surface area contributed by atoms with Crippen LogP contribution in [-0.2, 0) is 4.79 Å². The summed E-state index contributed by atoms with van der Waals surface area (Å²) in [5, 5.41) is 2.81. The third-order valence-electron chi connectivity index (χ3n) is 2.84. The lowest BCUT2D eigenvalue weighted by atomic mass is 10.1. The van der Waals surface area contributed by atoms with Crippen LogP contribution in [0, 0.1) is 0 Å². The Labute approximate surface area is 104 Å². The quantitative estimate of drug-likeness (QED) is 0.822. The van der Waals surface area contributed by atoms with E-state index in [9.17, 15) is 4.79 Å². The fourth-order valence-electron chi connectivity index (χ4n) is 1.95. The third-order valence-corrected chi connectivity index (χ3v) is 2.84. The number of benzene rings is 1. The average molecular weight is 241 g/mol. The lowest BCUT2D eigenvalue weighted by Crippen LogP contribution is -2.03. The predicted octanol–water partition coefficient (Wildman–Crippen LogP) is 2.78. The average Bonchev–Trinajstić information content (AvgIpc) is 2.99. The number of methoxy groups -OCH3 is 1. The molecule has 0 radical (unpaired) electrons. The fourth-order valence-corrected chi connectivity index (χ4v) is 1.95. The fraction of sp³-hybridized carbons (Fsp3) is 0.0714. The molecule has 0 saturated carbocycles. The monoisotopic (exact) mass is 241 g/mol. The first kappa shape index (κ1) is 10.7. The first-order valence-electron chi connectivity index (χ1n) is 5.53. The Morgan fingerprint density at radius 2 is 2.22 bits per heavy atom. The molecule has 90 valence electrons. The summed E-state index contributed by atoms with van der Waals surface area (Å²) in [6.07, 6.45) is 3.30. The Hall–Kier alpha value is -2.49. The minimum absolute atomic E-state index is 0.130. The van der Waals surface area contributed by atoms with Crippen LogP contribution in [-0.4, -0.2) is 13.0 Å². The Kier molecular flexibility index (Phi) is 2.41. The van der Waals surface area contributed by atoms with E-state index in [4.69, 9.17) is 9.15 Å². The number of furan rings is 1. The van der Waals surface area contributed by atoms with E-state index in [1.165, 1.54) is 0 Å². The number of hydrogen-bond donors (Lipinski definition) is 1. The number of rotatable bonds is 2. The van der Waals surface area contributed by atoms with Gasteiger partial charge in [0.05, 0.1) is 18.9 Å². The Balaban J connectivity index is 2.10. The second kappa shape index (κ2) is 4.07. The van der Waals surface area contributed by atoms with Crippen molar-refractivity contribution >= 4 is 23.2 Å². The molecule has 0 saturated heterocycles. The highest BCUT2D eigenvalue weighted by atomic mass is 16.5. The van der Waals surface area contributed by atoms with E-state index in [-0.39, 0.29) is 5.91 Å². The van der Waals surface area contributed by atoms with Gasteiger partial charge in [0.25, 0.3) is 5.91 Å². The zero-order chi connectivity index (χ0) is 12.5. The van der Waals surface area contributed by atoms with Gasteiger partial charge in [-0.1, -0.05) is 0 Å². The maximum Gasteiger partial charge on any atom is 0.256 e. The number of carbonyl (C=O) groups is 1. The summed E-state index contributed by atoms with van der Waals surface area (Å²) in [7, 11) is 1.60. The van der Waals surface area contributed by atoms with E-state index in [0.717, 1.165) is 17.0 Å². The molecule has 1 aromatic heterocycles. The summed E-state index contributed by atoms with van der Waals surface area (Å²) in [4.78, 5) is 11.9. The van der Waals surface area contributed by atoms with Crippen molar-refractivity contribution in [3.63, 3.8) is 0 Å². The normalized spacial score (nSPS) is 15.6. The molecule has 2 heterocycles. The summed E-state index contributed by atoms with van der Waals surface area (Å²) in [5.41, 5.74) is 2.20. The van der Waals surface area contributed by atoms with E-state index in [0.29, 0.717) is 11.3 Å². The molecule has 18 heavy (non-hydrogen) atoms. The summed E-state index contributed by atoms with van der Waals surface area (Å²) in [5.74, 6) is 1.24. The van der Waals surface area contributed by atoms with Crippen molar-refractivity contribution in [2.45, 2.75) is 0 Å². The van der Waals surface area contributed by atoms with Crippen LogP contribution in [0.1, 0.15) is 11.3 Å². The van der Waals surface area contributed by atoms with E-state index in [1.54, 1.807) is 31.6 Å². The van der Waals surface area contributed by atoms with Gasteiger partial charge in [0.1, 0.15) is 11.5 Å². The molecule has 0 unspecified atom stereocenters. The van der Waals surface area contributed by atoms with E-state index in [2.05, 4.69) is 5.32 Å². The predicted molar refractivity (Wildman–Crippen MR) is 68.2 cm³/mol. The molecule has 0 fully saturated rings. The molecule has 4 nitrogen and oxygen atoms in total. The number of anilines is 1. The number of fused-ring (bicyclic) bond motifs is 1. The topological polar surface area (TPSA) is 51.5 Å². The molecule has 0 atom stereocenters. The first-order chi connectivity index (χ1) is 8.78. The molecular formula is C14H11NO3. The van der Waals surface area contributed by atoms with Crippen molar-refractivity contribution < 1.29 is 13.9 Å². The van der Waals surface area contributed by atoms with Crippen LogP contribution in [0.3, 0.4) is 0 Å². The van der Waals surface area contributed by atoms with Gasteiger partial charge in [0.15, 0.2) is 0 Å². The summed E-state index contributed by atoms with van der Waals surface area (Å²) < 4.78 is 10.4. The third kappa shape index (κ3) is 1.68. The van der Waals surface area contributed by atoms with Crippen LogP contribution in [0.2, 0.25) is 0 Å². The van der Waals surface area contributed by atoms with Gasteiger partial charge >= 0.3 is 0 Å². The molecular weight excluding hydrogens is 230 g/mol. The minimum atomic E-state index is -0.130. The molecule has 0 aliphatic carbocycles. The summed E-state index contributed by atoms with van der Waals surface area (Å²) in [6.45, 7) is 0. The van der Waals surface area contributed by atoms with Crippen LogP contribution >= 0.6 is 0 Å². The maximum absolute atomic E-state index is 11.9. The lowest BCUT2D eigenvalue weighted by Gasteiger charge is -2.02. The molecule has 1 aliphatic heterocycles. The van der Waals surface area contributed by atoms with Crippen molar-refractivity contribution in [3.05, 3.63) is 47.9 Å². The molecule has 1 aromatic carbocycles. The Morgan fingerprint density at radius 1 is 1.33 bits per heavy atom. The van der Waals surface area contributed by atoms with E-state index in [1.807, 2.05) is 18.2 Å². The van der Waals surface area contributed by atoms with Crippen molar-refractivity contribution in [2.75, 3.05) is 12.4 Å². The number of amides is 1. The number of hydrogen-bond acceptors (Lipinski definition) is 3. The molecule has 1 amide bonds. The molecule has 4 heteroatoms. The number of ether oxygens (including phenoxy) is 1. The standard InChI is InChI=1S/C14H11NO3/c1-17-9-4-5-13-11(7-9)12(14(16)15-13)8-10-3-2-6-18-10/h2-8H,1H3,(H,15,16)/b12-8+. The summed E-state index contributed by atoms with van der Waals surface area (Å²) in [6, 6.07) is 9.07. The highest BCUT2D eigenvalue weighted by Crippen LogP contribution is 2.35. The molecule has 0 bridgehead atoms.